The van der Waals surface area contributed by atoms with Crippen LogP contribution in [0.5, 0.6) is 0 Å². The van der Waals surface area contributed by atoms with Gasteiger partial charge in [-0.2, -0.15) is 0 Å². The van der Waals surface area contributed by atoms with E-state index in [2.05, 4.69) is 20.5 Å². The van der Waals surface area contributed by atoms with Crippen molar-refractivity contribution >= 4 is 34.5 Å². The zero-order valence-electron chi connectivity index (χ0n) is 16.0. The minimum atomic E-state index is -0.475. The molecule has 1 aromatic heterocycles. The van der Waals surface area contributed by atoms with E-state index in [-0.39, 0.29) is 11.8 Å². The number of aromatic nitrogens is 3. The number of piperidine rings is 1. The van der Waals surface area contributed by atoms with Crippen molar-refractivity contribution in [3.8, 4) is 0 Å². The summed E-state index contributed by atoms with van der Waals surface area (Å²) in [6, 6.07) is 14.5. The molecule has 0 saturated carbocycles. The van der Waals surface area contributed by atoms with Crippen molar-refractivity contribution < 1.29 is 14.3 Å². The molecule has 8 nitrogen and oxygen atoms in total. The highest BCUT2D eigenvalue weighted by Crippen LogP contribution is 2.24. The number of ether oxygens (including phenoxy) is 1. The number of nitrogens with zero attached hydrogens (tertiary/aromatic N) is 4. The van der Waals surface area contributed by atoms with Gasteiger partial charge in [0.15, 0.2) is 0 Å². The fourth-order valence-corrected chi connectivity index (χ4v) is 3.46. The van der Waals surface area contributed by atoms with Crippen LogP contribution in [-0.2, 0) is 9.53 Å². The maximum absolute atomic E-state index is 12.7. The summed E-state index contributed by atoms with van der Waals surface area (Å²) in [5.74, 6) is -0.140. The first-order chi connectivity index (χ1) is 14.2. The third-order valence-corrected chi connectivity index (χ3v) is 5.09. The first-order valence-electron chi connectivity index (χ1n) is 9.48. The minimum Gasteiger partial charge on any atom is -0.465 e. The van der Waals surface area contributed by atoms with E-state index in [1.807, 2.05) is 29.2 Å². The molecule has 3 aromatic rings. The van der Waals surface area contributed by atoms with Crippen LogP contribution in [0.4, 0.5) is 11.6 Å². The average molecular weight is 391 g/mol. The van der Waals surface area contributed by atoms with Gasteiger partial charge in [-0.25, -0.2) is 9.78 Å². The molecule has 2 aromatic carbocycles. The lowest BCUT2D eigenvalue weighted by Gasteiger charge is -2.31. The van der Waals surface area contributed by atoms with E-state index in [9.17, 15) is 9.59 Å². The van der Waals surface area contributed by atoms with Crippen molar-refractivity contribution in [2.45, 2.75) is 12.8 Å². The zero-order valence-corrected chi connectivity index (χ0v) is 16.0. The number of fused-ring (bicyclic) bond motifs is 1. The highest BCUT2D eigenvalue weighted by atomic mass is 16.5. The van der Waals surface area contributed by atoms with E-state index in [0.717, 1.165) is 11.0 Å². The number of hydrogen-bond acceptors (Lipinski definition) is 7. The predicted octanol–water partition coefficient (Wildman–Crippen LogP) is 2.67. The van der Waals surface area contributed by atoms with Gasteiger partial charge in [0, 0.05) is 19.0 Å². The molecule has 0 bridgehead atoms. The van der Waals surface area contributed by atoms with Crippen LogP contribution in [0.25, 0.3) is 11.0 Å². The number of carbonyl (C=O) groups is 2. The van der Waals surface area contributed by atoms with Gasteiger partial charge in [0.05, 0.1) is 23.9 Å². The molecule has 1 fully saturated rings. The van der Waals surface area contributed by atoms with Crippen LogP contribution in [-0.4, -0.2) is 47.3 Å². The largest absolute Gasteiger partial charge is 0.465 e. The molecule has 0 aliphatic carbocycles. The van der Waals surface area contributed by atoms with Crippen LogP contribution < -0.4 is 10.2 Å². The SMILES string of the molecule is COC(=O)c1ccccc1NC(=O)C1CCN(c2nnc3ccccc3n2)CC1. The van der Waals surface area contributed by atoms with Crippen LogP contribution in [0.2, 0.25) is 0 Å². The number of anilines is 2. The second-order valence-electron chi connectivity index (χ2n) is 6.89. The van der Waals surface area contributed by atoms with Crippen molar-refractivity contribution in [1.82, 2.24) is 15.2 Å². The Balaban J connectivity index is 1.40. The number of nitrogens with one attached hydrogen (secondary N) is 1. The first kappa shape index (κ1) is 18.8. The third-order valence-electron chi connectivity index (χ3n) is 5.09. The second kappa shape index (κ2) is 8.22. The number of amides is 1. The monoisotopic (exact) mass is 391 g/mol. The maximum Gasteiger partial charge on any atom is 0.339 e. The molecule has 1 aliphatic rings. The Labute approximate surface area is 167 Å². The second-order valence-corrected chi connectivity index (χ2v) is 6.89. The van der Waals surface area contributed by atoms with Gasteiger partial charge < -0.3 is 15.0 Å². The smallest absolute Gasteiger partial charge is 0.339 e. The number of para-hydroxylation sites is 2. The summed E-state index contributed by atoms with van der Waals surface area (Å²) < 4.78 is 4.78. The highest BCUT2D eigenvalue weighted by molar-refractivity contribution is 6.01. The molecule has 2 heterocycles. The van der Waals surface area contributed by atoms with Crippen LogP contribution in [0.3, 0.4) is 0 Å². The lowest BCUT2D eigenvalue weighted by atomic mass is 9.96. The molecule has 1 amide bonds. The Morgan fingerprint density at radius 3 is 2.45 bits per heavy atom. The number of carbonyl (C=O) groups excluding carboxylic acids is 2. The Morgan fingerprint density at radius 2 is 1.69 bits per heavy atom. The quantitative estimate of drug-likeness (QED) is 0.683. The molecule has 0 unspecified atom stereocenters. The fourth-order valence-electron chi connectivity index (χ4n) is 3.46. The van der Waals surface area contributed by atoms with Crippen LogP contribution in [0.15, 0.2) is 48.5 Å². The van der Waals surface area contributed by atoms with Gasteiger partial charge in [-0.1, -0.05) is 24.3 Å². The number of rotatable bonds is 4. The van der Waals surface area contributed by atoms with Crippen molar-refractivity contribution in [1.29, 1.82) is 0 Å². The topological polar surface area (TPSA) is 97.3 Å². The molecular formula is C21H21N5O3. The van der Waals surface area contributed by atoms with Crippen molar-refractivity contribution in [2.24, 2.45) is 5.92 Å². The van der Waals surface area contributed by atoms with E-state index in [1.165, 1.54) is 7.11 Å². The van der Waals surface area contributed by atoms with E-state index in [4.69, 9.17) is 4.74 Å². The van der Waals surface area contributed by atoms with Crippen molar-refractivity contribution in [3.63, 3.8) is 0 Å². The molecule has 1 aliphatic heterocycles. The standard InChI is InChI=1S/C21H21N5O3/c1-29-20(28)15-6-2-3-7-16(15)22-19(27)14-10-12-26(13-11-14)21-23-17-8-4-5-9-18(17)24-25-21/h2-9,14H,10-13H2,1H3,(H,22,27). The normalized spacial score (nSPS) is 14.6. The van der Waals surface area contributed by atoms with Gasteiger partial charge >= 0.3 is 5.97 Å². The van der Waals surface area contributed by atoms with Crippen molar-refractivity contribution in [3.05, 3.63) is 54.1 Å². The van der Waals surface area contributed by atoms with Gasteiger partial charge in [0.1, 0.15) is 5.52 Å². The maximum atomic E-state index is 12.7. The molecular weight excluding hydrogens is 370 g/mol. The Kier molecular flexibility index (Phi) is 5.33. The van der Waals surface area contributed by atoms with E-state index in [1.54, 1.807) is 24.3 Å². The van der Waals surface area contributed by atoms with Gasteiger partial charge in [-0.15, -0.1) is 10.2 Å². The first-order valence-corrected chi connectivity index (χ1v) is 9.48. The summed E-state index contributed by atoms with van der Waals surface area (Å²) in [5.41, 5.74) is 2.37. The fraction of sp³-hybridized carbons (Fsp3) is 0.286. The molecule has 8 heteroatoms. The van der Waals surface area contributed by atoms with Crippen LogP contribution in [0, 0.1) is 5.92 Å². The predicted molar refractivity (Wildman–Crippen MR) is 109 cm³/mol. The molecule has 148 valence electrons. The molecule has 0 radical (unpaired) electrons. The number of hydrogen-bond donors (Lipinski definition) is 1. The molecule has 1 N–H and O–H groups in total. The summed E-state index contributed by atoms with van der Waals surface area (Å²) in [5, 5.41) is 11.3. The molecule has 1 saturated heterocycles. The molecule has 0 spiro atoms. The zero-order chi connectivity index (χ0) is 20.2. The Hall–Kier alpha value is -3.55. The number of esters is 1. The number of benzene rings is 2. The summed E-state index contributed by atoms with van der Waals surface area (Å²) in [4.78, 5) is 31.2. The summed E-state index contributed by atoms with van der Waals surface area (Å²) >= 11 is 0. The summed E-state index contributed by atoms with van der Waals surface area (Å²) in [6.45, 7) is 1.33. The van der Waals surface area contributed by atoms with E-state index < -0.39 is 5.97 Å². The lowest BCUT2D eigenvalue weighted by Crippen LogP contribution is -2.39. The molecule has 4 rings (SSSR count). The van der Waals surface area contributed by atoms with Gasteiger partial charge in [-0.05, 0) is 37.1 Å². The van der Waals surface area contributed by atoms with Crippen LogP contribution in [0.1, 0.15) is 23.2 Å². The molecule has 29 heavy (non-hydrogen) atoms. The van der Waals surface area contributed by atoms with E-state index in [0.29, 0.717) is 43.1 Å². The van der Waals surface area contributed by atoms with Gasteiger partial charge in [-0.3, -0.25) is 4.79 Å². The average Bonchev–Trinajstić information content (AvgIpc) is 2.78. The Bertz CT molecular complexity index is 1050. The van der Waals surface area contributed by atoms with E-state index >= 15 is 0 Å². The van der Waals surface area contributed by atoms with Gasteiger partial charge in [0.2, 0.25) is 11.9 Å². The lowest BCUT2D eigenvalue weighted by molar-refractivity contribution is -0.120. The Morgan fingerprint density at radius 1 is 1.00 bits per heavy atom. The summed E-state index contributed by atoms with van der Waals surface area (Å²) in [7, 11) is 1.32. The van der Waals surface area contributed by atoms with Crippen molar-refractivity contribution in [2.75, 3.05) is 30.4 Å². The summed E-state index contributed by atoms with van der Waals surface area (Å²) in [6.07, 6.45) is 1.34. The van der Waals surface area contributed by atoms with Gasteiger partial charge in [0.25, 0.3) is 0 Å². The number of methoxy groups -OCH3 is 1. The van der Waals surface area contributed by atoms with Crippen LogP contribution >= 0.6 is 0 Å². The molecule has 0 atom stereocenters. The highest BCUT2D eigenvalue weighted by Gasteiger charge is 2.27. The minimum absolute atomic E-state index is 0.0986. The third kappa shape index (κ3) is 4.01.